The number of halogens is 3. The molecule has 7 heteroatoms. The Morgan fingerprint density at radius 3 is 2.62 bits per heavy atom. The molecule has 0 radical (unpaired) electrons. The van der Waals surface area contributed by atoms with Crippen LogP contribution in [0, 0.1) is 0 Å². The molecule has 2 N–H and O–H groups in total. The van der Waals surface area contributed by atoms with E-state index in [-0.39, 0.29) is 17.1 Å². The van der Waals surface area contributed by atoms with Gasteiger partial charge < -0.3 is 10.3 Å². The van der Waals surface area contributed by atoms with Crippen molar-refractivity contribution in [1.29, 1.82) is 0 Å². The summed E-state index contributed by atoms with van der Waals surface area (Å²) < 4.78 is 42.5. The summed E-state index contributed by atoms with van der Waals surface area (Å²) in [6, 6.07) is 2.10. The van der Waals surface area contributed by atoms with Crippen molar-refractivity contribution < 1.29 is 17.7 Å². The largest absolute Gasteiger partial charge is 0.418 e. The molecule has 2 aromatic heterocycles. The van der Waals surface area contributed by atoms with E-state index in [2.05, 4.69) is 14.7 Å². The van der Waals surface area contributed by atoms with Crippen LogP contribution in [0.3, 0.4) is 0 Å². The molecule has 84 valence electrons. The Labute approximate surface area is 87.9 Å². The number of hydrogen-bond acceptors (Lipinski definition) is 4. The molecule has 0 aliphatic heterocycles. The Bertz CT molecular complexity index is 507. The molecule has 0 atom stereocenters. The summed E-state index contributed by atoms with van der Waals surface area (Å²) in [6.45, 7) is 0. The average Bonchev–Trinajstić information content (AvgIpc) is 2.63. The summed E-state index contributed by atoms with van der Waals surface area (Å²) in [7, 11) is 0. The predicted octanol–water partition coefficient (Wildman–Crippen LogP) is 2.34. The van der Waals surface area contributed by atoms with Gasteiger partial charge in [0.2, 0.25) is 5.76 Å². The summed E-state index contributed by atoms with van der Waals surface area (Å²) in [5.41, 5.74) is 4.18. The molecule has 0 spiro atoms. The van der Waals surface area contributed by atoms with Crippen LogP contribution in [0.1, 0.15) is 5.56 Å². The number of nitrogen functional groups attached to an aromatic ring is 1. The molecule has 0 aliphatic rings. The molecule has 2 heterocycles. The van der Waals surface area contributed by atoms with Gasteiger partial charge >= 0.3 is 6.18 Å². The van der Waals surface area contributed by atoms with Crippen LogP contribution in [-0.4, -0.2) is 10.1 Å². The van der Waals surface area contributed by atoms with Crippen molar-refractivity contribution in [3.8, 4) is 11.5 Å². The van der Waals surface area contributed by atoms with Crippen LogP contribution in [0.5, 0.6) is 0 Å². The fourth-order valence-electron chi connectivity index (χ4n) is 1.24. The van der Waals surface area contributed by atoms with Crippen molar-refractivity contribution in [2.75, 3.05) is 5.73 Å². The third kappa shape index (κ3) is 1.71. The van der Waals surface area contributed by atoms with E-state index in [1.54, 1.807) is 0 Å². The first-order valence-electron chi connectivity index (χ1n) is 4.23. The molecule has 0 unspecified atom stereocenters. The number of nitrogens with zero attached hydrogens (tertiary/aromatic N) is 2. The monoisotopic (exact) mass is 229 g/mol. The van der Waals surface area contributed by atoms with Crippen LogP contribution in [0.25, 0.3) is 11.5 Å². The summed E-state index contributed by atoms with van der Waals surface area (Å²) in [4.78, 5) is 3.61. The molecule has 0 amide bonds. The maximum Gasteiger partial charge on any atom is 0.418 e. The molecular formula is C9H6F3N3O. The minimum Gasteiger partial charge on any atom is -0.394 e. The van der Waals surface area contributed by atoms with E-state index in [1.165, 1.54) is 12.3 Å². The van der Waals surface area contributed by atoms with Crippen LogP contribution in [-0.2, 0) is 6.18 Å². The van der Waals surface area contributed by atoms with E-state index in [9.17, 15) is 13.2 Å². The first-order chi connectivity index (χ1) is 7.50. The third-order valence-electron chi connectivity index (χ3n) is 1.93. The van der Waals surface area contributed by atoms with Gasteiger partial charge in [-0.05, 0) is 12.1 Å². The smallest absolute Gasteiger partial charge is 0.394 e. The number of aromatic nitrogens is 2. The summed E-state index contributed by atoms with van der Waals surface area (Å²) in [6.07, 6.45) is -2.15. The fourth-order valence-corrected chi connectivity index (χ4v) is 1.24. The lowest BCUT2D eigenvalue weighted by Gasteiger charge is -2.09. The Hall–Kier alpha value is -2.05. The number of nitrogens with two attached hydrogens (primary N) is 1. The Kier molecular flexibility index (Phi) is 2.30. The van der Waals surface area contributed by atoms with Gasteiger partial charge in [-0.15, -0.1) is 0 Å². The lowest BCUT2D eigenvalue weighted by Crippen LogP contribution is -2.08. The van der Waals surface area contributed by atoms with Crippen LogP contribution in [0.2, 0.25) is 0 Å². The van der Waals surface area contributed by atoms with E-state index in [1.807, 2.05) is 0 Å². The zero-order valence-corrected chi connectivity index (χ0v) is 7.82. The minimum atomic E-state index is -4.51. The quantitative estimate of drug-likeness (QED) is 0.815. The van der Waals surface area contributed by atoms with Crippen LogP contribution >= 0.6 is 0 Å². The van der Waals surface area contributed by atoms with Crippen molar-refractivity contribution in [3.05, 3.63) is 30.1 Å². The summed E-state index contributed by atoms with van der Waals surface area (Å²) in [5.74, 6) is -0.173. The summed E-state index contributed by atoms with van der Waals surface area (Å²) >= 11 is 0. The molecule has 0 fully saturated rings. The van der Waals surface area contributed by atoms with Gasteiger partial charge in [0.25, 0.3) is 0 Å². The van der Waals surface area contributed by atoms with Crippen molar-refractivity contribution in [2.45, 2.75) is 6.18 Å². The molecule has 4 nitrogen and oxygen atoms in total. The number of hydrogen-bond donors (Lipinski definition) is 1. The van der Waals surface area contributed by atoms with E-state index >= 15 is 0 Å². The standard InChI is InChI=1S/C9H6F3N3O/c10-9(11,12)5-2-1-3-14-7(5)8-6(13)4-15-16-8/h1-4H,13H2. The molecule has 0 saturated carbocycles. The predicted molar refractivity (Wildman–Crippen MR) is 49.1 cm³/mol. The molecule has 0 aliphatic carbocycles. The maximum atomic E-state index is 12.6. The highest BCUT2D eigenvalue weighted by Crippen LogP contribution is 2.37. The SMILES string of the molecule is Nc1cnoc1-c1ncccc1C(F)(F)F. The van der Waals surface area contributed by atoms with E-state index in [0.29, 0.717) is 0 Å². The topological polar surface area (TPSA) is 64.9 Å². The zero-order valence-electron chi connectivity index (χ0n) is 7.82. The lowest BCUT2D eigenvalue weighted by molar-refractivity contribution is -0.137. The molecule has 0 bridgehead atoms. The third-order valence-corrected chi connectivity index (χ3v) is 1.93. The highest BCUT2D eigenvalue weighted by Gasteiger charge is 2.35. The van der Waals surface area contributed by atoms with Crippen molar-refractivity contribution >= 4 is 5.69 Å². The number of alkyl halides is 3. The Morgan fingerprint density at radius 2 is 2.06 bits per heavy atom. The second-order valence-corrected chi connectivity index (χ2v) is 3.01. The molecule has 16 heavy (non-hydrogen) atoms. The van der Waals surface area contributed by atoms with Crippen LogP contribution in [0.4, 0.5) is 18.9 Å². The van der Waals surface area contributed by atoms with Gasteiger partial charge in [-0.25, -0.2) is 0 Å². The van der Waals surface area contributed by atoms with Gasteiger partial charge in [-0.2, -0.15) is 13.2 Å². The Balaban J connectivity index is 2.62. The van der Waals surface area contributed by atoms with E-state index in [4.69, 9.17) is 5.73 Å². The maximum absolute atomic E-state index is 12.6. The molecule has 2 aromatic rings. The molecule has 0 saturated heterocycles. The minimum absolute atomic E-state index is 0.0178. The second kappa shape index (κ2) is 3.51. The summed E-state index contributed by atoms with van der Waals surface area (Å²) in [5, 5.41) is 3.31. The van der Waals surface area contributed by atoms with Crippen molar-refractivity contribution in [3.63, 3.8) is 0 Å². The van der Waals surface area contributed by atoms with Crippen LogP contribution < -0.4 is 5.73 Å². The fraction of sp³-hybridized carbons (Fsp3) is 0.111. The first kappa shape index (κ1) is 10.5. The van der Waals surface area contributed by atoms with Crippen LogP contribution in [0.15, 0.2) is 29.0 Å². The molecule has 0 aromatic carbocycles. The molecule has 2 rings (SSSR count). The van der Waals surface area contributed by atoms with Gasteiger partial charge in [-0.1, -0.05) is 5.16 Å². The zero-order chi connectivity index (χ0) is 11.8. The number of anilines is 1. The van der Waals surface area contributed by atoms with Crippen molar-refractivity contribution in [2.24, 2.45) is 0 Å². The highest BCUT2D eigenvalue weighted by atomic mass is 19.4. The van der Waals surface area contributed by atoms with Gasteiger partial charge in [0.05, 0.1) is 11.8 Å². The van der Waals surface area contributed by atoms with Gasteiger partial charge in [0.1, 0.15) is 11.4 Å². The van der Waals surface area contributed by atoms with Crippen molar-refractivity contribution in [1.82, 2.24) is 10.1 Å². The number of pyridine rings is 1. The van der Waals surface area contributed by atoms with E-state index in [0.717, 1.165) is 12.3 Å². The second-order valence-electron chi connectivity index (χ2n) is 3.01. The highest BCUT2D eigenvalue weighted by molar-refractivity contribution is 5.69. The average molecular weight is 229 g/mol. The van der Waals surface area contributed by atoms with E-state index < -0.39 is 11.7 Å². The van der Waals surface area contributed by atoms with Gasteiger partial charge in [0, 0.05) is 6.20 Å². The molecular weight excluding hydrogens is 223 g/mol. The van der Waals surface area contributed by atoms with Gasteiger partial charge in [-0.3, -0.25) is 4.98 Å². The van der Waals surface area contributed by atoms with Gasteiger partial charge in [0.15, 0.2) is 0 Å². The normalized spacial score (nSPS) is 11.7. The lowest BCUT2D eigenvalue weighted by atomic mass is 10.1. The Morgan fingerprint density at radius 1 is 1.31 bits per heavy atom. The first-order valence-corrected chi connectivity index (χ1v) is 4.23. The number of rotatable bonds is 1.